The first-order valence-corrected chi connectivity index (χ1v) is 3.42. The Morgan fingerprint density at radius 2 is 2.30 bits per heavy atom. The molecular weight excluding hydrogens is 174 g/mol. The second-order valence-electron chi connectivity index (χ2n) is 1.44. The third-order valence-electron chi connectivity index (χ3n) is 0.836. The Bertz CT molecular complexity index is 216. The fourth-order valence-electron chi connectivity index (χ4n) is 0.450. The summed E-state index contributed by atoms with van der Waals surface area (Å²) in [4.78, 5) is 3.98. The third-order valence-corrected chi connectivity index (χ3v) is 1.48. The van der Waals surface area contributed by atoms with Crippen molar-refractivity contribution >= 4 is 23.5 Å². The molecule has 1 unspecified atom stereocenters. The topological polar surface area (TPSA) is 50.2 Å². The molecule has 0 radical (unpaired) electrons. The van der Waals surface area contributed by atoms with Gasteiger partial charge in [0.05, 0.1) is 4.90 Å². The molecule has 0 aliphatic carbocycles. The number of hydrogen-bond donors (Lipinski definition) is 1. The fourth-order valence-corrected chi connectivity index (χ4v) is 0.796. The van der Waals surface area contributed by atoms with E-state index in [0.29, 0.717) is 4.90 Å². The third kappa shape index (κ3) is 2.43. The van der Waals surface area contributed by atoms with Gasteiger partial charge >= 0.3 is 0 Å². The van der Waals surface area contributed by atoms with E-state index in [1.54, 1.807) is 18.3 Å². The SMILES string of the molecule is Cl.O=S(O)c1cccnc1. The minimum Gasteiger partial charge on any atom is -0.302 e. The van der Waals surface area contributed by atoms with Gasteiger partial charge in [-0.2, -0.15) is 0 Å². The maximum atomic E-state index is 10.3. The molecule has 0 fully saturated rings. The van der Waals surface area contributed by atoms with E-state index in [0.717, 1.165) is 0 Å². The van der Waals surface area contributed by atoms with E-state index in [2.05, 4.69) is 4.98 Å². The lowest BCUT2D eigenvalue weighted by Gasteiger charge is -1.88. The molecule has 3 nitrogen and oxygen atoms in total. The molecule has 0 saturated carbocycles. The number of rotatable bonds is 1. The fraction of sp³-hybridized carbons (Fsp3) is 0. The summed E-state index contributed by atoms with van der Waals surface area (Å²) in [6, 6.07) is 3.16. The molecule has 0 amide bonds. The summed E-state index contributed by atoms with van der Waals surface area (Å²) in [5.74, 6) is 0. The summed E-state index contributed by atoms with van der Waals surface area (Å²) >= 11 is -1.89. The van der Waals surface area contributed by atoms with Crippen molar-refractivity contribution in [3.05, 3.63) is 24.5 Å². The van der Waals surface area contributed by atoms with E-state index in [9.17, 15) is 4.21 Å². The maximum absolute atomic E-state index is 10.3. The van der Waals surface area contributed by atoms with Crippen LogP contribution in [0.25, 0.3) is 0 Å². The Morgan fingerprint density at radius 3 is 2.60 bits per heavy atom. The highest BCUT2D eigenvalue weighted by Crippen LogP contribution is 1.98. The van der Waals surface area contributed by atoms with Crippen LogP contribution in [-0.2, 0) is 11.1 Å². The summed E-state index contributed by atoms with van der Waals surface area (Å²) in [5, 5.41) is 0. The normalized spacial score (nSPS) is 11.7. The summed E-state index contributed by atoms with van der Waals surface area (Å²) in [6.07, 6.45) is 2.91. The molecule has 0 aliphatic heterocycles. The van der Waals surface area contributed by atoms with Crippen LogP contribution in [0.15, 0.2) is 29.4 Å². The Hall–Kier alpha value is -0.450. The zero-order chi connectivity index (χ0) is 6.69. The van der Waals surface area contributed by atoms with E-state index in [1.807, 2.05) is 0 Å². The Kier molecular flexibility index (Phi) is 4.18. The smallest absolute Gasteiger partial charge is 0.188 e. The zero-order valence-electron chi connectivity index (χ0n) is 4.93. The molecule has 0 aliphatic rings. The molecule has 56 valence electrons. The Morgan fingerprint density at radius 1 is 1.60 bits per heavy atom. The van der Waals surface area contributed by atoms with Gasteiger partial charge in [-0.3, -0.25) is 4.98 Å². The van der Waals surface area contributed by atoms with Gasteiger partial charge in [0.1, 0.15) is 0 Å². The van der Waals surface area contributed by atoms with Gasteiger partial charge in [-0.15, -0.1) is 12.4 Å². The maximum Gasteiger partial charge on any atom is 0.188 e. The van der Waals surface area contributed by atoms with Gasteiger partial charge in [0.2, 0.25) is 0 Å². The summed E-state index contributed by atoms with van der Waals surface area (Å²) < 4.78 is 18.7. The number of hydrogen-bond acceptors (Lipinski definition) is 2. The summed E-state index contributed by atoms with van der Waals surface area (Å²) in [6.45, 7) is 0. The lowest BCUT2D eigenvalue weighted by atomic mass is 10.5. The molecule has 0 saturated heterocycles. The summed E-state index contributed by atoms with van der Waals surface area (Å²) in [5.41, 5.74) is 0. The Balaban J connectivity index is 0.000000810. The van der Waals surface area contributed by atoms with Crippen LogP contribution < -0.4 is 0 Å². The molecule has 5 heteroatoms. The molecular formula is C5H6ClNO2S. The van der Waals surface area contributed by atoms with Gasteiger partial charge in [0.15, 0.2) is 11.1 Å². The Labute approximate surface area is 67.2 Å². The van der Waals surface area contributed by atoms with E-state index in [4.69, 9.17) is 4.55 Å². The standard InChI is InChI=1S/C5H5NO2S.ClH/c7-9(8)5-2-1-3-6-4-5;/h1-4H,(H,7,8);1H. The largest absolute Gasteiger partial charge is 0.302 e. The van der Waals surface area contributed by atoms with Gasteiger partial charge in [-0.05, 0) is 12.1 Å². The van der Waals surface area contributed by atoms with Gasteiger partial charge < -0.3 is 4.55 Å². The molecule has 0 spiro atoms. The van der Waals surface area contributed by atoms with Crippen molar-refractivity contribution in [2.75, 3.05) is 0 Å². The lowest BCUT2D eigenvalue weighted by molar-refractivity contribution is 0.564. The van der Waals surface area contributed by atoms with E-state index < -0.39 is 11.1 Å². The van der Waals surface area contributed by atoms with Crippen molar-refractivity contribution < 1.29 is 8.76 Å². The second kappa shape index (κ2) is 4.38. The first-order chi connectivity index (χ1) is 4.30. The molecule has 10 heavy (non-hydrogen) atoms. The predicted octanol–water partition coefficient (Wildman–Crippen LogP) is 1.08. The van der Waals surface area contributed by atoms with Crippen LogP contribution in [0.1, 0.15) is 0 Å². The van der Waals surface area contributed by atoms with Crippen LogP contribution in [0.4, 0.5) is 0 Å². The van der Waals surface area contributed by atoms with Crippen molar-refractivity contribution in [1.82, 2.24) is 4.98 Å². The second-order valence-corrected chi connectivity index (χ2v) is 2.41. The van der Waals surface area contributed by atoms with Crippen LogP contribution >= 0.6 is 12.4 Å². The summed E-state index contributed by atoms with van der Waals surface area (Å²) in [7, 11) is 0. The molecule has 1 heterocycles. The average Bonchev–Trinajstić information content (AvgIpc) is 1.90. The predicted molar refractivity (Wildman–Crippen MR) is 40.5 cm³/mol. The van der Waals surface area contributed by atoms with Crippen LogP contribution in [0, 0.1) is 0 Å². The molecule has 1 rings (SSSR count). The van der Waals surface area contributed by atoms with Crippen LogP contribution in [0.5, 0.6) is 0 Å². The first-order valence-electron chi connectivity index (χ1n) is 2.31. The van der Waals surface area contributed by atoms with E-state index >= 15 is 0 Å². The number of halogens is 1. The van der Waals surface area contributed by atoms with Crippen molar-refractivity contribution in [3.63, 3.8) is 0 Å². The quantitative estimate of drug-likeness (QED) is 0.657. The first kappa shape index (κ1) is 9.55. The van der Waals surface area contributed by atoms with Crippen LogP contribution in [0.3, 0.4) is 0 Å². The average molecular weight is 180 g/mol. The van der Waals surface area contributed by atoms with E-state index in [1.165, 1.54) is 6.20 Å². The van der Waals surface area contributed by atoms with Crippen molar-refractivity contribution in [2.45, 2.75) is 4.90 Å². The van der Waals surface area contributed by atoms with Crippen molar-refractivity contribution in [1.29, 1.82) is 0 Å². The number of aromatic nitrogens is 1. The minimum absolute atomic E-state index is 0. The molecule has 1 atom stereocenters. The molecule has 1 aromatic heterocycles. The van der Waals surface area contributed by atoms with Gasteiger partial charge in [-0.1, -0.05) is 0 Å². The van der Waals surface area contributed by atoms with Crippen molar-refractivity contribution in [2.24, 2.45) is 0 Å². The molecule has 1 aromatic rings. The monoisotopic (exact) mass is 179 g/mol. The van der Waals surface area contributed by atoms with Gasteiger partial charge in [0, 0.05) is 12.4 Å². The number of pyridine rings is 1. The highest BCUT2D eigenvalue weighted by atomic mass is 35.5. The molecule has 1 N–H and O–H groups in total. The minimum atomic E-state index is -1.89. The van der Waals surface area contributed by atoms with Crippen molar-refractivity contribution in [3.8, 4) is 0 Å². The molecule has 0 bridgehead atoms. The zero-order valence-corrected chi connectivity index (χ0v) is 6.56. The van der Waals surface area contributed by atoms with Gasteiger partial charge in [-0.25, -0.2) is 4.21 Å². The lowest BCUT2D eigenvalue weighted by Crippen LogP contribution is -1.86. The highest BCUT2D eigenvalue weighted by Gasteiger charge is 1.94. The highest BCUT2D eigenvalue weighted by molar-refractivity contribution is 7.79. The van der Waals surface area contributed by atoms with Crippen LogP contribution in [0.2, 0.25) is 0 Å². The number of nitrogens with zero attached hydrogens (tertiary/aromatic N) is 1. The van der Waals surface area contributed by atoms with Gasteiger partial charge in [0.25, 0.3) is 0 Å². The van der Waals surface area contributed by atoms with E-state index in [-0.39, 0.29) is 12.4 Å². The van der Waals surface area contributed by atoms with Crippen LogP contribution in [-0.4, -0.2) is 13.7 Å². The molecule has 0 aromatic carbocycles.